The van der Waals surface area contributed by atoms with Gasteiger partial charge in [-0.05, 0) is 36.8 Å². The number of carbonyl (C=O) groups excluding carboxylic acids is 1. The largest absolute Gasteiger partial charge is 0.494 e. The molecule has 2 aromatic carbocycles. The summed E-state index contributed by atoms with van der Waals surface area (Å²) in [5.74, 6) is 0.581. The minimum absolute atomic E-state index is 0.187. The topological polar surface area (TPSA) is 38.3 Å². The minimum atomic E-state index is -0.187. The average Bonchev–Trinajstić information content (AvgIpc) is 2.55. The lowest BCUT2D eigenvalue weighted by Gasteiger charge is -2.09. The highest BCUT2D eigenvalue weighted by Crippen LogP contribution is 2.19. The molecular formula is C19H22ClNO2. The summed E-state index contributed by atoms with van der Waals surface area (Å²) < 4.78 is 5.73. The molecule has 3 nitrogen and oxygen atoms in total. The van der Waals surface area contributed by atoms with Gasteiger partial charge in [-0.3, -0.25) is 4.79 Å². The first-order chi connectivity index (χ1) is 11.2. The molecule has 23 heavy (non-hydrogen) atoms. The fraction of sp³-hybridized carbons (Fsp3) is 0.316. The highest BCUT2D eigenvalue weighted by molar-refractivity contribution is 6.31. The maximum Gasteiger partial charge on any atom is 0.255 e. The van der Waals surface area contributed by atoms with Gasteiger partial charge in [0.25, 0.3) is 5.91 Å². The van der Waals surface area contributed by atoms with Gasteiger partial charge >= 0.3 is 0 Å². The van der Waals surface area contributed by atoms with Crippen molar-refractivity contribution in [3.63, 3.8) is 0 Å². The van der Waals surface area contributed by atoms with Crippen LogP contribution in [0.1, 0.15) is 43.0 Å². The SMILES string of the molecule is CCCCCCOc1cccc(NC(=O)c2cccc(Cl)c2)c1. The molecule has 0 bridgehead atoms. The number of rotatable bonds is 8. The molecule has 0 atom stereocenters. The van der Waals surface area contributed by atoms with E-state index in [-0.39, 0.29) is 5.91 Å². The van der Waals surface area contributed by atoms with E-state index in [1.54, 1.807) is 24.3 Å². The summed E-state index contributed by atoms with van der Waals surface area (Å²) in [6.45, 7) is 2.89. The average molecular weight is 332 g/mol. The summed E-state index contributed by atoms with van der Waals surface area (Å²) >= 11 is 5.91. The Balaban J connectivity index is 1.90. The molecule has 2 rings (SSSR count). The Morgan fingerprint density at radius 3 is 2.70 bits per heavy atom. The molecule has 0 aliphatic heterocycles. The monoisotopic (exact) mass is 331 g/mol. The van der Waals surface area contributed by atoms with Gasteiger partial charge in [-0.25, -0.2) is 0 Å². The number of carbonyl (C=O) groups is 1. The molecule has 0 spiro atoms. The Morgan fingerprint density at radius 1 is 1.09 bits per heavy atom. The predicted molar refractivity (Wildman–Crippen MR) is 95.5 cm³/mol. The van der Waals surface area contributed by atoms with Crippen LogP contribution in [0.25, 0.3) is 0 Å². The predicted octanol–water partition coefficient (Wildman–Crippen LogP) is 5.55. The third-order valence-electron chi connectivity index (χ3n) is 3.45. The van der Waals surface area contributed by atoms with E-state index in [1.165, 1.54) is 19.3 Å². The van der Waals surface area contributed by atoms with E-state index in [1.807, 2.05) is 24.3 Å². The second-order valence-corrected chi connectivity index (χ2v) is 5.84. The zero-order chi connectivity index (χ0) is 16.5. The molecule has 0 aliphatic rings. The molecule has 1 amide bonds. The number of anilines is 1. The molecule has 0 saturated heterocycles. The van der Waals surface area contributed by atoms with Crippen LogP contribution in [-0.4, -0.2) is 12.5 Å². The normalized spacial score (nSPS) is 10.3. The first kappa shape index (κ1) is 17.4. The fourth-order valence-electron chi connectivity index (χ4n) is 2.22. The molecule has 1 N–H and O–H groups in total. The zero-order valence-corrected chi connectivity index (χ0v) is 14.1. The van der Waals surface area contributed by atoms with Crippen LogP contribution in [0.15, 0.2) is 48.5 Å². The molecule has 4 heteroatoms. The molecule has 0 saturated carbocycles. The van der Waals surface area contributed by atoms with Crippen LogP contribution < -0.4 is 10.1 Å². The van der Waals surface area contributed by atoms with Crippen LogP contribution in [0, 0.1) is 0 Å². The Morgan fingerprint density at radius 2 is 1.91 bits per heavy atom. The highest BCUT2D eigenvalue weighted by Gasteiger charge is 2.07. The van der Waals surface area contributed by atoms with E-state index < -0.39 is 0 Å². The van der Waals surface area contributed by atoms with Crippen LogP contribution in [0.3, 0.4) is 0 Å². The van der Waals surface area contributed by atoms with E-state index in [0.29, 0.717) is 22.9 Å². The zero-order valence-electron chi connectivity index (χ0n) is 13.3. The lowest BCUT2D eigenvalue weighted by Crippen LogP contribution is -2.11. The van der Waals surface area contributed by atoms with E-state index in [0.717, 1.165) is 12.2 Å². The second kappa shape index (κ2) is 9.21. The summed E-state index contributed by atoms with van der Waals surface area (Å²) in [6.07, 6.45) is 4.68. The van der Waals surface area contributed by atoms with Crippen molar-refractivity contribution in [1.82, 2.24) is 0 Å². The highest BCUT2D eigenvalue weighted by atomic mass is 35.5. The van der Waals surface area contributed by atoms with E-state index in [9.17, 15) is 4.79 Å². The quantitative estimate of drug-likeness (QED) is 0.644. The van der Waals surface area contributed by atoms with Crippen molar-refractivity contribution >= 4 is 23.2 Å². The number of halogens is 1. The lowest BCUT2D eigenvalue weighted by molar-refractivity contribution is 0.102. The van der Waals surface area contributed by atoms with Crippen LogP contribution in [0.4, 0.5) is 5.69 Å². The molecule has 0 aliphatic carbocycles. The first-order valence-electron chi connectivity index (χ1n) is 7.99. The van der Waals surface area contributed by atoms with Crippen molar-refractivity contribution in [2.75, 3.05) is 11.9 Å². The first-order valence-corrected chi connectivity index (χ1v) is 8.36. The maximum atomic E-state index is 12.2. The van der Waals surface area contributed by atoms with E-state index in [2.05, 4.69) is 12.2 Å². The van der Waals surface area contributed by atoms with Crippen LogP contribution in [0.2, 0.25) is 5.02 Å². The molecule has 0 unspecified atom stereocenters. The summed E-state index contributed by atoms with van der Waals surface area (Å²) in [6, 6.07) is 14.3. The number of nitrogens with one attached hydrogen (secondary N) is 1. The third kappa shape index (κ3) is 5.95. The lowest BCUT2D eigenvalue weighted by atomic mass is 10.2. The van der Waals surface area contributed by atoms with Crippen molar-refractivity contribution < 1.29 is 9.53 Å². The van der Waals surface area contributed by atoms with E-state index in [4.69, 9.17) is 16.3 Å². The Kier molecular flexibility index (Phi) is 6.95. The molecule has 0 aromatic heterocycles. The van der Waals surface area contributed by atoms with Gasteiger partial charge in [0.05, 0.1) is 6.61 Å². The maximum absolute atomic E-state index is 12.2. The summed E-state index contributed by atoms with van der Waals surface area (Å²) in [4.78, 5) is 12.2. The van der Waals surface area contributed by atoms with Gasteiger partial charge in [0.1, 0.15) is 5.75 Å². The van der Waals surface area contributed by atoms with Gasteiger partial charge in [-0.1, -0.05) is 49.9 Å². The van der Waals surface area contributed by atoms with Crippen LogP contribution in [-0.2, 0) is 0 Å². The summed E-state index contributed by atoms with van der Waals surface area (Å²) in [7, 11) is 0. The van der Waals surface area contributed by atoms with Gasteiger partial charge in [0.15, 0.2) is 0 Å². The Hall–Kier alpha value is -2.00. The third-order valence-corrected chi connectivity index (χ3v) is 3.68. The standard InChI is InChI=1S/C19H22ClNO2/c1-2-3-4-5-12-23-18-11-7-10-17(14-18)21-19(22)15-8-6-9-16(20)13-15/h6-11,13-14H,2-5,12H2,1H3,(H,21,22). The van der Waals surface area contributed by atoms with Gasteiger partial charge in [0, 0.05) is 22.3 Å². The molecule has 0 fully saturated rings. The van der Waals surface area contributed by atoms with Gasteiger partial charge < -0.3 is 10.1 Å². The number of hydrogen-bond acceptors (Lipinski definition) is 2. The van der Waals surface area contributed by atoms with Crippen molar-refractivity contribution in [2.24, 2.45) is 0 Å². The Labute approximate surface area is 142 Å². The van der Waals surface area contributed by atoms with Crippen LogP contribution in [0.5, 0.6) is 5.75 Å². The van der Waals surface area contributed by atoms with Crippen LogP contribution >= 0.6 is 11.6 Å². The summed E-state index contributed by atoms with van der Waals surface area (Å²) in [5.41, 5.74) is 1.24. The number of benzene rings is 2. The van der Waals surface area contributed by atoms with Crippen molar-refractivity contribution in [1.29, 1.82) is 0 Å². The number of ether oxygens (including phenoxy) is 1. The number of unbranched alkanes of at least 4 members (excludes halogenated alkanes) is 3. The minimum Gasteiger partial charge on any atom is -0.494 e. The smallest absolute Gasteiger partial charge is 0.255 e. The number of hydrogen-bond donors (Lipinski definition) is 1. The fourth-order valence-corrected chi connectivity index (χ4v) is 2.41. The number of amides is 1. The van der Waals surface area contributed by atoms with Gasteiger partial charge in [-0.15, -0.1) is 0 Å². The van der Waals surface area contributed by atoms with Crippen molar-refractivity contribution in [3.8, 4) is 5.75 Å². The van der Waals surface area contributed by atoms with Crippen molar-refractivity contribution in [2.45, 2.75) is 32.6 Å². The molecule has 0 heterocycles. The van der Waals surface area contributed by atoms with E-state index >= 15 is 0 Å². The molecule has 0 radical (unpaired) electrons. The Bertz CT molecular complexity index is 643. The van der Waals surface area contributed by atoms with Gasteiger partial charge in [-0.2, -0.15) is 0 Å². The summed E-state index contributed by atoms with van der Waals surface area (Å²) in [5, 5.41) is 3.40. The second-order valence-electron chi connectivity index (χ2n) is 5.40. The van der Waals surface area contributed by atoms with Crippen molar-refractivity contribution in [3.05, 3.63) is 59.1 Å². The molecule has 122 valence electrons. The molecule has 2 aromatic rings. The van der Waals surface area contributed by atoms with Gasteiger partial charge in [0.2, 0.25) is 0 Å². The molecular weight excluding hydrogens is 310 g/mol.